The van der Waals surface area contributed by atoms with Crippen molar-refractivity contribution in [1.82, 2.24) is 10.3 Å². The molecule has 31 heavy (non-hydrogen) atoms. The van der Waals surface area contributed by atoms with Crippen LogP contribution >= 0.6 is 0 Å². The van der Waals surface area contributed by atoms with E-state index in [4.69, 9.17) is 0 Å². The Bertz CT molecular complexity index is 1030. The first kappa shape index (κ1) is 22.9. The molecule has 0 radical (unpaired) electrons. The number of nitrogens with zero attached hydrogens (tertiary/aromatic N) is 1. The Balaban J connectivity index is 1.76. The Morgan fingerprint density at radius 1 is 1.10 bits per heavy atom. The van der Waals surface area contributed by atoms with Gasteiger partial charge in [0.05, 0.1) is 11.1 Å². The minimum absolute atomic E-state index is 0.0598. The number of fused-ring (bicyclic) bond motifs is 1. The highest BCUT2D eigenvalue weighted by Crippen LogP contribution is 2.33. The van der Waals surface area contributed by atoms with Crippen LogP contribution in [0, 0.1) is 5.92 Å². The van der Waals surface area contributed by atoms with Crippen LogP contribution in [0.15, 0.2) is 54.7 Å². The van der Waals surface area contributed by atoms with Gasteiger partial charge in [0.1, 0.15) is 0 Å². The van der Waals surface area contributed by atoms with Crippen LogP contribution in [0.1, 0.15) is 49.0 Å². The Kier molecular flexibility index (Phi) is 7.44. The Hall–Kier alpha value is -2.73. The van der Waals surface area contributed by atoms with E-state index in [1.54, 1.807) is 6.20 Å². The number of carbonyl (C=O) groups excluding carboxylic acids is 1. The van der Waals surface area contributed by atoms with Crippen LogP contribution in [-0.4, -0.2) is 23.9 Å². The predicted octanol–water partition coefficient (Wildman–Crippen LogP) is 6.52. The van der Waals surface area contributed by atoms with Gasteiger partial charge < -0.3 is 5.32 Å². The molecule has 0 amide bonds. The number of pyridine rings is 1. The number of alkyl halides is 3. The SMILES string of the molecule is CCNCC[C@@H](C)CCC(=O)c1cnc2c(-c3ccc(C(F)(F)F)cc3)cccc2c1. The van der Waals surface area contributed by atoms with Crippen molar-refractivity contribution in [3.05, 3.63) is 65.9 Å². The summed E-state index contributed by atoms with van der Waals surface area (Å²) in [7, 11) is 0. The van der Waals surface area contributed by atoms with Gasteiger partial charge in [-0.05, 0) is 55.6 Å². The zero-order chi connectivity index (χ0) is 22.4. The van der Waals surface area contributed by atoms with Crippen molar-refractivity contribution < 1.29 is 18.0 Å². The van der Waals surface area contributed by atoms with Gasteiger partial charge >= 0.3 is 6.18 Å². The average molecular weight is 428 g/mol. The molecule has 1 aromatic heterocycles. The quantitative estimate of drug-likeness (QED) is 0.312. The number of para-hydroxylation sites is 1. The number of hydrogen-bond acceptors (Lipinski definition) is 3. The molecule has 3 rings (SSSR count). The van der Waals surface area contributed by atoms with Crippen LogP contribution in [0.3, 0.4) is 0 Å². The highest BCUT2D eigenvalue weighted by atomic mass is 19.4. The fourth-order valence-electron chi connectivity index (χ4n) is 3.58. The number of hydrogen-bond donors (Lipinski definition) is 1. The second-order valence-electron chi connectivity index (χ2n) is 7.89. The van der Waals surface area contributed by atoms with Crippen LogP contribution in [0.5, 0.6) is 0 Å². The summed E-state index contributed by atoms with van der Waals surface area (Å²) in [5, 5.41) is 4.09. The van der Waals surface area contributed by atoms with E-state index in [-0.39, 0.29) is 5.78 Å². The van der Waals surface area contributed by atoms with E-state index < -0.39 is 11.7 Å². The molecule has 164 valence electrons. The monoisotopic (exact) mass is 428 g/mol. The molecule has 1 N–H and O–H groups in total. The third kappa shape index (κ3) is 5.91. The molecule has 0 unspecified atom stereocenters. The maximum absolute atomic E-state index is 12.8. The molecule has 0 saturated heterocycles. The van der Waals surface area contributed by atoms with Gasteiger partial charge in [-0.3, -0.25) is 9.78 Å². The molecular weight excluding hydrogens is 401 g/mol. The van der Waals surface area contributed by atoms with E-state index in [1.807, 2.05) is 24.3 Å². The Morgan fingerprint density at radius 3 is 2.52 bits per heavy atom. The first-order valence-electron chi connectivity index (χ1n) is 10.6. The number of nitrogens with one attached hydrogen (secondary N) is 1. The summed E-state index contributed by atoms with van der Waals surface area (Å²) in [4.78, 5) is 17.1. The molecule has 1 atom stereocenters. The topological polar surface area (TPSA) is 42.0 Å². The number of Topliss-reactive ketones (excluding diaryl/α,β-unsaturated/α-hetero) is 1. The van der Waals surface area contributed by atoms with Crippen molar-refractivity contribution in [2.45, 2.75) is 39.3 Å². The molecule has 0 bridgehead atoms. The molecule has 3 aromatic rings. The highest BCUT2D eigenvalue weighted by Gasteiger charge is 2.30. The van der Waals surface area contributed by atoms with Crippen molar-refractivity contribution in [3.8, 4) is 11.1 Å². The van der Waals surface area contributed by atoms with Crippen molar-refractivity contribution >= 4 is 16.7 Å². The van der Waals surface area contributed by atoms with Gasteiger partial charge in [0.25, 0.3) is 0 Å². The summed E-state index contributed by atoms with van der Waals surface area (Å²) in [5.74, 6) is 0.521. The molecule has 0 fully saturated rings. The van der Waals surface area contributed by atoms with Crippen molar-refractivity contribution in [1.29, 1.82) is 0 Å². The largest absolute Gasteiger partial charge is 0.416 e. The summed E-state index contributed by atoms with van der Waals surface area (Å²) in [6.45, 7) is 6.13. The average Bonchev–Trinajstić information content (AvgIpc) is 2.76. The predicted molar refractivity (Wildman–Crippen MR) is 118 cm³/mol. The smallest absolute Gasteiger partial charge is 0.317 e. The van der Waals surface area contributed by atoms with E-state index in [0.717, 1.165) is 49.0 Å². The zero-order valence-corrected chi connectivity index (χ0v) is 17.8. The molecular formula is C25H27F3N2O. The van der Waals surface area contributed by atoms with Crippen LogP contribution in [-0.2, 0) is 6.18 Å². The van der Waals surface area contributed by atoms with Crippen LogP contribution in [0.2, 0.25) is 0 Å². The normalized spacial score (nSPS) is 12.8. The van der Waals surface area contributed by atoms with Crippen molar-refractivity contribution in [3.63, 3.8) is 0 Å². The standard InChI is InChI=1S/C25H27F3N2O/c1-3-29-14-13-17(2)7-12-23(31)20-15-19-5-4-6-22(24(19)30-16-20)18-8-10-21(11-9-18)25(26,27)28/h4-6,8-11,15-17,29H,3,7,12-14H2,1-2H3/t17-/m0/s1. The lowest BCUT2D eigenvalue weighted by atomic mass is 9.96. The molecule has 6 heteroatoms. The first-order valence-corrected chi connectivity index (χ1v) is 10.6. The molecule has 0 aliphatic carbocycles. The molecule has 0 aliphatic heterocycles. The van der Waals surface area contributed by atoms with E-state index in [2.05, 4.69) is 24.1 Å². The van der Waals surface area contributed by atoms with Crippen LogP contribution in [0.4, 0.5) is 13.2 Å². The second-order valence-corrected chi connectivity index (χ2v) is 7.89. The van der Waals surface area contributed by atoms with Gasteiger partial charge in [-0.2, -0.15) is 13.2 Å². The Morgan fingerprint density at radius 2 is 1.84 bits per heavy atom. The van der Waals surface area contributed by atoms with Crippen molar-refractivity contribution in [2.75, 3.05) is 13.1 Å². The summed E-state index contributed by atoms with van der Waals surface area (Å²) < 4.78 is 38.5. The number of carbonyl (C=O) groups is 1. The van der Waals surface area contributed by atoms with Gasteiger partial charge in [-0.1, -0.05) is 44.2 Å². The summed E-state index contributed by atoms with van der Waals surface area (Å²) in [6, 6.07) is 12.4. The summed E-state index contributed by atoms with van der Waals surface area (Å²) in [6.07, 6.45) is -0.461. The molecule has 1 heterocycles. The maximum Gasteiger partial charge on any atom is 0.416 e. The maximum atomic E-state index is 12.8. The summed E-state index contributed by atoms with van der Waals surface area (Å²) >= 11 is 0. The number of ketones is 1. The lowest BCUT2D eigenvalue weighted by Crippen LogP contribution is -2.17. The fraction of sp³-hybridized carbons (Fsp3) is 0.360. The zero-order valence-electron chi connectivity index (χ0n) is 17.8. The fourth-order valence-corrected chi connectivity index (χ4v) is 3.58. The number of rotatable bonds is 9. The van der Waals surface area contributed by atoms with E-state index in [0.29, 0.717) is 29.0 Å². The van der Waals surface area contributed by atoms with Gasteiger partial charge in [0, 0.05) is 29.1 Å². The lowest BCUT2D eigenvalue weighted by Gasteiger charge is -2.12. The second kappa shape index (κ2) is 10.1. The number of benzene rings is 2. The number of aromatic nitrogens is 1. The molecule has 2 aromatic carbocycles. The third-order valence-electron chi connectivity index (χ3n) is 5.48. The third-order valence-corrected chi connectivity index (χ3v) is 5.48. The first-order chi connectivity index (χ1) is 14.8. The van der Waals surface area contributed by atoms with E-state index in [1.165, 1.54) is 12.1 Å². The molecule has 0 saturated carbocycles. The van der Waals surface area contributed by atoms with Crippen molar-refractivity contribution in [2.24, 2.45) is 5.92 Å². The summed E-state index contributed by atoms with van der Waals surface area (Å²) in [5.41, 5.74) is 1.94. The Labute approximate surface area is 180 Å². The molecule has 0 spiro atoms. The van der Waals surface area contributed by atoms with Gasteiger partial charge in [0.2, 0.25) is 0 Å². The van der Waals surface area contributed by atoms with Gasteiger partial charge in [0.15, 0.2) is 5.78 Å². The lowest BCUT2D eigenvalue weighted by molar-refractivity contribution is -0.137. The van der Waals surface area contributed by atoms with Crippen LogP contribution in [0.25, 0.3) is 22.0 Å². The highest BCUT2D eigenvalue weighted by molar-refractivity contribution is 6.01. The van der Waals surface area contributed by atoms with Gasteiger partial charge in [-0.25, -0.2) is 0 Å². The minimum atomic E-state index is -4.37. The molecule has 0 aliphatic rings. The number of halogens is 3. The van der Waals surface area contributed by atoms with Gasteiger partial charge in [-0.15, -0.1) is 0 Å². The molecule has 3 nitrogen and oxygen atoms in total. The van der Waals surface area contributed by atoms with E-state index in [9.17, 15) is 18.0 Å². The van der Waals surface area contributed by atoms with E-state index >= 15 is 0 Å². The minimum Gasteiger partial charge on any atom is -0.317 e. The van der Waals surface area contributed by atoms with Crippen LogP contribution < -0.4 is 5.32 Å².